The van der Waals surface area contributed by atoms with Gasteiger partial charge in [0.2, 0.25) is 5.95 Å². The standard InChI is InChI=1S/C21H21ClFN5/c1-15-13-20(25-17-6-4-5-16(22)14-17)26-21(24-15)28-11-9-27(10-12-28)19-8-3-2-7-18(19)23/h2-8,13-14H,9-12H2,1H3,(H,24,25,26). The second-order valence-corrected chi connectivity index (χ2v) is 7.19. The van der Waals surface area contributed by atoms with Gasteiger partial charge in [0.15, 0.2) is 0 Å². The highest BCUT2D eigenvalue weighted by molar-refractivity contribution is 6.30. The maximum absolute atomic E-state index is 14.0. The molecule has 0 aliphatic carbocycles. The van der Waals surface area contributed by atoms with Gasteiger partial charge in [-0.2, -0.15) is 4.98 Å². The molecule has 2 aromatic carbocycles. The lowest BCUT2D eigenvalue weighted by Crippen LogP contribution is -2.47. The number of nitrogens with one attached hydrogen (secondary N) is 1. The van der Waals surface area contributed by atoms with E-state index in [0.717, 1.165) is 43.4 Å². The molecule has 2 heterocycles. The normalized spacial score (nSPS) is 14.2. The molecule has 5 nitrogen and oxygen atoms in total. The van der Waals surface area contributed by atoms with Crippen molar-refractivity contribution in [3.8, 4) is 0 Å². The molecule has 0 radical (unpaired) electrons. The summed E-state index contributed by atoms with van der Waals surface area (Å²) >= 11 is 6.06. The molecular formula is C21H21ClFN5. The first-order chi connectivity index (χ1) is 13.6. The molecule has 4 rings (SSSR count). The zero-order valence-electron chi connectivity index (χ0n) is 15.6. The second-order valence-electron chi connectivity index (χ2n) is 6.76. The Morgan fingerprint density at radius 1 is 0.929 bits per heavy atom. The molecule has 1 saturated heterocycles. The topological polar surface area (TPSA) is 44.3 Å². The number of anilines is 4. The van der Waals surface area contributed by atoms with E-state index in [1.165, 1.54) is 6.07 Å². The first-order valence-corrected chi connectivity index (χ1v) is 9.59. The summed E-state index contributed by atoms with van der Waals surface area (Å²) in [5.74, 6) is 1.22. The van der Waals surface area contributed by atoms with Crippen molar-refractivity contribution in [1.82, 2.24) is 9.97 Å². The Bertz CT molecular complexity index is 973. The van der Waals surface area contributed by atoms with Gasteiger partial charge in [0.1, 0.15) is 11.6 Å². The second kappa shape index (κ2) is 8.02. The van der Waals surface area contributed by atoms with E-state index >= 15 is 0 Å². The molecule has 0 bridgehead atoms. The SMILES string of the molecule is Cc1cc(Nc2cccc(Cl)c2)nc(N2CCN(c3ccccc3F)CC2)n1. The number of piperazine rings is 1. The monoisotopic (exact) mass is 397 g/mol. The van der Waals surface area contributed by atoms with Crippen LogP contribution < -0.4 is 15.1 Å². The number of benzene rings is 2. The maximum Gasteiger partial charge on any atom is 0.227 e. The Kier molecular flexibility index (Phi) is 5.30. The van der Waals surface area contributed by atoms with Crippen molar-refractivity contribution >= 4 is 34.7 Å². The molecule has 1 aliphatic heterocycles. The lowest BCUT2D eigenvalue weighted by Gasteiger charge is -2.36. The molecule has 1 fully saturated rings. The molecule has 0 unspecified atom stereocenters. The number of rotatable bonds is 4. The molecule has 1 aromatic heterocycles. The van der Waals surface area contributed by atoms with Crippen LogP contribution in [0.2, 0.25) is 5.02 Å². The minimum absolute atomic E-state index is 0.184. The minimum Gasteiger partial charge on any atom is -0.366 e. The van der Waals surface area contributed by atoms with Crippen LogP contribution in [0.1, 0.15) is 5.69 Å². The number of hydrogen-bond donors (Lipinski definition) is 1. The fraction of sp³-hybridized carbons (Fsp3) is 0.238. The highest BCUT2D eigenvalue weighted by atomic mass is 35.5. The number of nitrogens with zero attached hydrogens (tertiary/aromatic N) is 4. The molecule has 0 atom stereocenters. The summed E-state index contributed by atoms with van der Waals surface area (Å²) < 4.78 is 14.0. The molecule has 1 aliphatic rings. The molecule has 0 spiro atoms. The van der Waals surface area contributed by atoms with Crippen LogP contribution in [0.25, 0.3) is 0 Å². The molecule has 0 saturated carbocycles. The Hall–Kier alpha value is -2.86. The quantitative estimate of drug-likeness (QED) is 0.694. The van der Waals surface area contributed by atoms with Gasteiger partial charge < -0.3 is 15.1 Å². The average Bonchev–Trinajstić information content (AvgIpc) is 2.68. The van der Waals surface area contributed by atoms with Gasteiger partial charge in [0.25, 0.3) is 0 Å². The summed E-state index contributed by atoms with van der Waals surface area (Å²) in [6.07, 6.45) is 0. The minimum atomic E-state index is -0.184. The van der Waals surface area contributed by atoms with Crippen LogP contribution in [0.3, 0.4) is 0 Å². The predicted molar refractivity (Wildman–Crippen MR) is 112 cm³/mol. The van der Waals surface area contributed by atoms with Crippen LogP contribution in [-0.4, -0.2) is 36.1 Å². The van der Waals surface area contributed by atoms with Crippen LogP contribution in [0, 0.1) is 12.7 Å². The van der Waals surface area contributed by atoms with Crippen molar-refractivity contribution in [1.29, 1.82) is 0 Å². The highest BCUT2D eigenvalue weighted by Crippen LogP contribution is 2.24. The molecule has 28 heavy (non-hydrogen) atoms. The number of para-hydroxylation sites is 1. The summed E-state index contributed by atoms with van der Waals surface area (Å²) in [5, 5.41) is 3.95. The van der Waals surface area contributed by atoms with E-state index in [-0.39, 0.29) is 5.82 Å². The fourth-order valence-corrected chi connectivity index (χ4v) is 3.52. The fourth-order valence-electron chi connectivity index (χ4n) is 3.33. The molecule has 1 N–H and O–H groups in total. The zero-order chi connectivity index (χ0) is 19.5. The summed E-state index contributed by atoms with van der Waals surface area (Å²) in [6.45, 7) is 4.84. The van der Waals surface area contributed by atoms with Crippen molar-refractivity contribution in [3.05, 3.63) is 71.1 Å². The van der Waals surface area contributed by atoms with Crippen molar-refractivity contribution in [2.45, 2.75) is 6.92 Å². The molecule has 7 heteroatoms. The lowest BCUT2D eigenvalue weighted by atomic mass is 10.2. The lowest BCUT2D eigenvalue weighted by molar-refractivity contribution is 0.594. The summed E-state index contributed by atoms with van der Waals surface area (Å²) in [7, 11) is 0. The van der Waals surface area contributed by atoms with Crippen molar-refractivity contribution in [2.75, 3.05) is 41.3 Å². The smallest absolute Gasteiger partial charge is 0.227 e. The Balaban J connectivity index is 1.48. The third-order valence-electron chi connectivity index (χ3n) is 4.70. The Labute approximate surface area is 168 Å². The maximum atomic E-state index is 14.0. The largest absolute Gasteiger partial charge is 0.366 e. The Morgan fingerprint density at radius 2 is 1.68 bits per heavy atom. The predicted octanol–water partition coefficient (Wildman–Crippen LogP) is 4.65. The van der Waals surface area contributed by atoms with Gasteiger partial charge in [-0.3, -0.25) is 0 Å². The van der Waals surface area contributed by atoms with Crippen LogP contribution >= 0.6 is 11.6 Å². The van der Waals surface area contributed by atoms with E-state index in [2.05, 4.69) is 25.1 Å². The van der Waals surface area contributed by atoms with Gasteiger partial charge in [-0.05, 0) is 37.3 Å². The van der Waals surface area contributed by atoms with Gasteiger partial charge in [-0.25, -0.2) is 9.37 Å². The van der Waals surface area contributed by atoms with E-state index in [0.29, 0.717) is 16.7 Å². The molecule has 0 amide bonds. The van der Waals surface area contributed by atoms with Gasteiger partial charge in [-0.15, -0.1) is 0 Å². The molecule has 3 aromatic rings. The first-order valence-electron chi connectivity index (χ1n) is 9.21. The van der Waals surface area contributed by atoms with E-state index in [9.17, 15) is 4.39 Å². The van der Waals surface area contributed by atoms with Crippen molar-refractivity contribution < 1.29 is 4.39 Å². The number of halogens is 2. The van der Waals surface area contributed by atoms with Gasteiger partial charge >= 0.3 is 0 Å². The van der Waals surface area contributed by atoms with E-state index in [4.69, 9.17) is 11.6 Å². The van der Waals surface area contributed by atoms with Crippen molar-refractivity contribution in [2.24, 2.45) is 0 Å². The van der Waals surface area contributed by atoms with Crippen LogP contribution in [-0.2, 0) is 0 Å². The zero-order valence-corrected chi connectivity index (χ0v) is 16.3. The van der Waals surface area contributed by atoms with E-state index in [1.54, 1.807) is 6.07 Å². The number of aromatic nitrogens is 2. The summed E-state index contributed by atoms with van der Waals surface area (Å²) in [4.78, 5) is 13.4. The summed E-state index contributed by atoms with van der Waals surface area (Å²) in [5.41, 5.74) is 2.41. The number of aryl methyl sites for hydroxylation is 1. The summed E-state index contributed by atoms with van der Waals surface area (Å²) in [6, 6.07) is 16.3. The number of hydrogen-bond acceptors (Lipinski definition) is 5. The molecule has 144 valence electrons. The first kappa shape index (κ1) is 18.5. The van der Waals surface area contributed by atoms with Crippen molar-refractivity contribution in [3.63, 3.8) is 0 Å². The third-order valence-corrected chi connectivity index (χ3v) is 4.93. The van der Waals surface area contributed by atoms with Crippen LogP contribution in [0.15, 0.2) is 54.6 Å². The average molecular weight is 398 g/mol. The third kappa shape index (κ3) is 4.17. The van der Waals surface area contributed by atoms with Gasteiger partial charge in [-0.1, -0.05) is 29.8 Å². The highest BCUT2D eigenvalue weighted by Gasteiger charge is 2.21. The molecular weight excluding hydrogens is 377 g/mol. The Morgan fingerprint density at radius 3 is 2.43 bits per heavy atom. The van der Waals surface area contributed by atoms with Gasteiger partial charge in [0, 0.05) is 48.6 Å². The van der Waals surface area contributed by atoms with E-state index in [1.807, 2.05) is 49.4 Å². The van der Waals surface area contributed by atoms with Crippen LogP contribution in [0.4, 0.5) is 27.5 Å². The van der Waals surface area contributed by atoms with Gasteiger partial charge in [0.05, 0.1) is 5.69 Å². The van der Waals surface area contributed by atoms with Crippen LogP contribution in [0.5, 0.6) is 0 Å². The van der Waals surface area contributed by atoms with E-state index < -0.39 is 0 Å².